The van der Waals surface area contributed by atoms with Crippen molar-refractivity contribution >= 4 is 11.4 Å². The van der Waals surface area contributed by atoms with Gasteiger partial charge in [0.1, 0.15) is 0 Å². The molecule has 4 aromatic rings. The van der Waals surface area contributed by atoms with Crippen LogP contribution < -0.4 is 4.90 Å². The summed E-state index contributed by atoms with van der Waals surface area (Å²) in [6.07, 6.45) is 0. The second-order valence-electron chi connectivity index (χ2n) is 9.78. The molecule has 160 valence electrons. The van der Waals surface area contributed by atoms with E-state index in [4.69, 9.17) is 0 Å². The maximum absolute atomic E-state index is 2.40. The largest absolute Gasteiger partial charge is 0.339 e. The molecule has 0 unspecified atom stereocenters. The average Bonchev–Trinajstić information content (AvgIpc) is 3.01. The third kappa shape index (κ3) is 3.33. The van der Waals surface area contributed by atoms with Gasteiger partial charge in [-0.05, 0) is 90.0 Å². The van der Waals surface area contributed by atoms with Crippen molar-refractivity contribution in [1.29, 1.82) is 0 Å². The molecule has 1 heteroatoms. The molecule has 0 fully saturated rings. The summed E-state index contributed by atoms with van der Waals surface area (Å²) in [6, 6.07) is 33.9. The predicted octanol–water partition coefficient (Wildman–Crippen LogP) is 8.51. The Morgan fingerprint density at radius 1 is 0.625 bits per heavy atom. The van der Waals surface area contributed by atoms with Gasteiger partial charge in [-0.2, -0.15) is 0 Å². The Morgan fingerprint density at radius 2 is 1.31 bits per heavy atom. The van der Waals surface area contributed by atoms with Gasteiger partial charge >= 0.3 is 0 Å². The van der Waals surface area contributed by atoms with Gasteiger partial charge in [0, 0.05) is 22.8 Å². The Morgan fingerprint density at radius 3 is 2.03 bits per heavy atom. The number of benzene rings is 4. The molecular formula is C31H31N. The van der Waals surface area contributed by atoms with Gasteiger partial charge in [-0.25, -0.2) is 0 Å². The highest BCUT2D eigenvalue weighted by Gasteiger charge is 2.35. The molecule has 0 spiro atoms. The van der Waals surface area contributed by atoms with Gasteiger partial charge in [-0.3, -0.25) is 0 Å². The van der Waals surface area contributed by atoms with E-state index in [0.29, 0.717) is 6.04 Å². The minimum Gasteiger partial charge on any atom is -0.339 e. The number of hydrogen-bond acceptors (Lipinski definition) is 1. The van der Waals surface area contributed by atoms with Crippen LogP contribution in [-0.2, 0) is 5.41 Å². The highest BCUT2D eigenvalue weighted by molar-refractivity contribution is 5.83. The average molecular weight is 418 g/mol. The van der Waals surface area contributed by atoms with E-state index < -0.39 is 0 Å². The minimum absolute atomic E-state index is 0.0293. The molecule has 0 atom stereocenters. The summed E-state index contributed by atoms with van der Waals surface area (Å²) in [5.74, 6) is 0. The van der Waals surface area contributed by atoms with Crippen molar-refractivity contribution in [1.82, 2.24) is 0 Å². The second-order valence-corrected chi connectivity index (χ2v) is 9.78. The molecule has 0 saturated carbocycles. The molecule has 5 rings (SSSR count). The minimum atomic E-state index is 0.0293. The van der Waals surface area contributed by atoms with E-state index in [1.807, 2.05) is 0 Å². The molecule has 0 amide bonds. The summed E-state index contributed by atoms with van der Waals surface area (Å²) in [5.41, 5.74) is 11.9. The summed E-state index contributed by atoms with van der Waals surface area (Å²) in [6.45, 7) is 11.3. The van der Waals surface area contributed by atoms with Gasteiger partial charge in [-0.15, -0.1) is 0 Å². The lowest BCUT2D eigenvalue weighted by Crippen LogP contribution is -2.25. The lowest BCUT2D eigenvalue weighted by atomic mass is 9.81. The Kier molecular flexibility index (Phi) is 4.93. The van der Waals surface area contributed by atoms with Crippen molar-refractivity contribution in [3.05, 3.63) is 108 Å². The van der Waals surface area contributed by atoms with Gasteiger partial charge in [0.2, 0.25) is 0 Å². The maximum Gasteiger partial charge on any atom is 0.0415 e. The van der Waals surface area contributed by atoms with Crippen LogP contribution in [-0.4, -0.2) is 6.04 Å². The molecule has 1 aliphatic carbocycles. The van der Waals surface area contributed by atoms with E-state index in [-0.39, 0.29) is 5.41 Å². The standard InChI is InChI=1S/C31H31N/c1-21(2)32(26-10-8-9-22(3)19-26)25-16-13-23(14-17-25)24-15-18-28-27-11-6-7-12-29(27)31(4,5)30(28)20-24/h6-21H,1-5H3. The van der Waals surface area contributed by atoms with Crippen molar-refractivity contribution < 1.29 is 0 Å². The van der Waals surface area contributed by atoms with E-state index >= 15 is 0 Å². The van der Waals surface area contributed by atoms with E-state index in [2.05, 4.69) is 131 Å². The maximum atomic E-state index is 2.40. The van der Waals surface area contributed by atoms with E-state index in [9.17, 15) is 0 Å². The van der Waals surface area contributed by atoms with Crippen molar-refractivity contribution in [2.45, 2.75) is 46.1 Å². The van der Waals surface area contributed by atoms with Crippen LogP contribution in [0.4, 0.5) is 11.4 Å². The molecule has 32 heavy (non-hydrogen) atoms. The molecule has 1 nitrogen and oxygen atoms in total. The molecule has 4 aromatic carbocycles. The molecule has 0 aromatic heterocycles. The number of nitrogens with zero attached hydrogens (tertiary/aromatic N) is 1. The fraction of sp³-hybridized carbons (Fsp3) is 0.226. The van der Waals surface area contributed by atoms with Crippen LogP contribution in [0.5, 0.6) is 0 Å². The fourth-order valence-corrected chi connectivity index (χ4v) is 5.22. The van der Waals surface area contributed by atoms with Gasteiger partial charge in [-0.1, -0.05) is 74.5 Å². The topological polar surface area (TPSA) is 3.24 Å². The van der Waals surface area contributed by atoms with Crippen molar-refractivity contribution in [2.75, 3.05) is 4.90 Å². The first kappa shape index (κ1) is 20.6. The molecule has 0 radical (unpaired) electrons. The lowest BCUT2D eigenvalue weighted by molar-refractivity contribution is 0.660. The molecule has 0 bridgehead atoms. The first-order valence-electron chi connectivity index (χ1n) is 11.6. The first-order chi connectivity index (χ1) is 15.4. The summed E-state index contributed by atoms with van der Waals surface area (Å²) in [5, 5.41) is 0. The van der Waals surface area contributed by atoms with E-state index in [1.165, 1.54) is 50.3 Å². The van der Waals surface area contributed by atoms with E-state index in [1.54, 1.807) is 0 Å². The molecule has 0 aliphatic heterocycles. The van der Waals surface area contributed by atoms with Crippen LogP contribution in [0.2, 0.25) is 0 Å². The number of anilines is 2. The number of fused-ring (bicyclic) bond motifs is 3. The third-order valence-electron chi connectivity index (χ3n) is 6.86. The molecule has 0 heterocycles. The van der Waals surface area contributed by atoms with Crippen LogP contribution in [0.15, 0.2) is 91.0 Å². The highest BCUT2D eigenvalue weighted by atomic mass is 15.2. The summed E-state index contributed by atoms with van der Waals surface area (Å²) >= 11 is 0. The molecule has 0 N–H and O–H groups in total. The normalized spacial score (nSPS) is 13.7. The van der Waals surface area contributed by atoms with Gasteiger partial charge in [0.05, 0.1) is 0 Å². The van der Waals surface area contributed by atoms with Crippen molar-refractivity contribution in [3.8, 4) is 22.3 Å². The van der Waals surface area contributed by atoms with Gasteiger partial charge < -0.3 is 4.90 Å². The lowest BCUT2D eigenvalue weighted by Gasteiger charge is -2.29. The fourth-order valence-electron chi connectivity index (χ4n) is 5.22. The third-order valence-corrected chi connectivity index (χ3v) is 6.86. The zero-order chi connectivity index (χ0) is 22.5. The zero-order valence-corrected chi connectivity index (χ0v) is 19.7. The Labute approximate surface area is 192 Å². The quantitative estimate of drug-likeness (QED) is 0.322. The summed E-state index contributed by atoms with van der Waals surface area (Å²) in [4.78, 5) is 2.40. The van der Waals surface area contributed by atoms with Crippen LogP contribution in [0.1, 0.15) is 44.4 Å². The molecular weight excluding hydrogens is 386 g/mol. The van der Waals surface area contributed by atoms with Crippen molar-refractivity contribution in [3.63, 3.8) is 0 Å². The van der Waals surface area contributed by atoms with Gasteiger partial charge in [0.25, 0.3) is 0 Å². The Bertz CT molecular complexity index is 1280. The number of rotatable bonds is 4. The summed E-state index contributed by atoms with van der Waals surface area (Å²) < 4.78 is 0. The van der Waals surface area contributed by atoms with Crippen LogP contribution in [0.3, 0.4) is 0 Å². The monoisotopic (exact) mass is 417 g/mol. The predicted molar refractivity (Wildman–Crippen MR) is 138 cm³/mol. The second kappa shape index (κ2) is 7.67. The van der Waals surface area contributed by atoms with Crippen molar-refractivity contribution in [2.24, 2.45) is 0 Å². The zero-order valence-electron chi connectivity index (χ0n) is 19.7. The van der Waals surface area contributed by atoms with Crippen LogP contribution >= 0.6 is 0 Å². The van der Waals surface area contributed by atoms with E-state index in [0.717, 1.165) is 0 Å². The Hall–Kier alpha value is -3.32. The van der Waals surface area contributed by atoms with Crippen LogP contribution in [0, 0.1) is 6.92 Å². The molecule has 1 aliphatic rings. The smallest absolute Gasteiger partial charge is 0.0415 e. The van der Waals surface area contributed by atoms with Gasteiger partial charge in [0.15, 0.2) is 0 Å². The molecule has 0 saturated heterocycles. The Balaban J connectivity index is 1.51. The number of hydrogen-bond donors (Lipinski definition) is 0. The summed E-state index contributed by atoms with van der Waals surface area (Å²) in [7, 11) is 0. The number of aryl methyl sites for hydroxylation is 1. The highest BCUT2D eigenvalue weighted by Crippen LogP contribution is 2.49. The van der Waals surface area contributed by atoms with Crippen LogP contribution in [0.25, 0.3) is 22.3 Å². The first-order valence-corrected chi connectivity index (χ1v) is 11.6. The SMILES string of the molecule is Cc1cccc(N(c2ccc(-c3ccc4c(c3)C(C)(C)c3ccccc3-4)cc2)C(C)C)c1.